The number of H-pyrrole nitrogens is 1. The number of hydrogen-bond donors (Lipinski definition) is 2. The molecule has 1 aliphatic heterocycles. The van der Waals surface area contributed by atoms with Crippen LogP contribution in [-0.2, 0) is 31.4 Å². The number of aliphatic carboxylic acids is 1. The van der Waals surface area contributed by atoms with Crippen LogP contribution in [0.2, 0.25) is 0 Å². The van der Waals surface area contributed by atoms with Gasteiger partial charge in [-0.3, -0.25) is 14.5 Å². The topological polar surface area (TPSA) is 117 Å². The van der Waals surface area contributed by atoms with Gasteiger partial charge in [0.25, 0.3) is 0 Å². The van der Waals surface area contributed by atoms with E-state index in [2.05, 4.69) is 48.8 Å². The van der Waals surface area contributed by atoms with Gasteiger partial charge in [-0.05, 0) is 88.7 Å². The first-order valence-electron chi connectivity index (χ1n) is 14.1. The van der Waals surface area contributed by atoms with Crippen molar-refractivity contribution in [1.82, 2.24) is 29.9 Å². The number of pyridine rings is 2. The van der Waals surface area contributed by atoms with Crippen molar-refractivity contribution in [1.29, 1.82) is 0 Å². The lowest BCUT2D eigenvalue weighted by atomic mass is 9.85. The first kappa shape index (κ1) is 26.0. The van der Waals surface area contributed by atoms with E-state index in [1.807, 2.05) is 13.0 Å². The van der Waals surface area contributed by atoms with Crippen molar-refractivity contribution in [2.75, 3.05) is 6.54 Å². The van der Waals surface area contributed by atoms with E-state index in [-0.39, 0.29) is 17.9 Å². The SMILES string of the molecule is Cc1c(C(CC(=O)O)c2cc(CN3Cc4[nH]c(=O)ccc4CC(C4CC4)C3)c3sccc3c2)cnc2c1nnn2C. The van der Waals surface area contributed by atoms with E-state index >= 15 is 0 Å². The Kier molecular flexibility index (Phi) is 6.47. The number of fused-ring (bicyclic) bond motifs is 3. The van der Waals surface area contributed by atoms with Crippen LogP contribution >= 0.6 is 11.3 Å². The molecule has 7 rings (SSSR count). The molecule has 2 aliphatic rings. The molecule has 5 aromatic rings. The van der Waals surface area contributed by atoms with Gasteiger partial charge < -0.3 is 10.1 Å². The standard InChI is InChI=1S/C31H32N6O3S/c1-17-25(13-32-31-29(17)34-35-36(31)2)24(12-28(39)40)21-10-20-7-8-41-30(20)23(11-21)15-37-14-22(18-3-4-18)9-19-5-6-27(38)33-26(19)16-37/h5-8,10-11,13,18,22,24H,3-4,9,12,14-16H2,1-2H3,(H,33,38)(H,39,40). The first-order valence-corrected chi connectivity index (χ1v) is 15.0. The molecule has 1 fully saturated rings. The zero-order valence-electron chi connectivity index (χ0n) is 23.1. The number of carboxylic acids is 1. The molecule has 9 nitrogen and oxygen atoms in total. The first-order chi connectivity index (χ1) is 19.8. The van der Waals surface area contributed by atoms with Gasteiger partial charge in [0, 0.05) is 55.3 Å². The summed E-state index contributed by atoms with van der Waals surface area (Å²) >= 11 is 1.72. The van der Waals surface area contributed by atoms with Gasteiger partial charge in [-0.15, -0.1) is 16.4 Å². The van der Waals surface area contributed by atoms with E-state index in [9.17, 15) is 14.7 Å². The Morgan fingerprint density at radius 1 is 1.22 bits per heavy atom. The van der Waals surface area contributed by atoms with Crippen molar-refractivity contribution in [3.05, 3.63) is 85.8 Å². The maximum absolute atomic E-state index is 12.2. The second kappa shape index (κ2) is 10.2. The summed E-state index contributed by atoms with van der Waals surface area (Å²) in [4.78, 5) is 34.5. The predicted molar refractivity (Wildman–Crippen MR) is 158 cm³/mol. The fourth-order valence-corrected chi connectivity index (χ4v) is 7.52. The van der Waals surface area contributed by atoms with Crippen molar-refractivity contribution >= 4 is 38.6 Å². The summed E-state index contributed by atoms with van der Waals surface area (Å²) in [5.74, 6) is 0.0714. The third-order valence-electron chi connectivity index (χ3n) is 8.86. The van der Waals surface area contributed by atoms with E-state index in [1.165, 1.54) is 28.7 Å². The monoisotopic (exact) mass is 568 g/mol. The van der Waals surface area contributed by atoms with Crippen LogP contribution in [0.15, 0.2) is 46.7 Å². The maximum Gasteiger partial charge on any atom is 0.304 e. The molecule has 5 heterocycles. The lowest BCUT2D eigenvalue weighted by Gasteiger charge is -2.26. The number of carbonyl (C=O) groups is 1. The number of thiophene rings is 1. The van der Waals surface area contributed by atoms with E-state index < -0.39 is 5.97 Å². The summed E-state index contributed by atoms with van der Waals surface area (Å²) in [6.07, 6.45) is 5.30. The van der Waals surface area contributed by atoms with E-state index in [4.69, 9.17) is 0 Å². The molecule has 1 saturated carbocycles. The molecule has 41 heavy (non-hydrogen) atoms. The molecule has 0 radical (unpaired) electrons. The summed E-state index contributed by atoms with van der Waals surface area (Å²) in [6.45, 7) is 4.37. The minimum absolute atomic E-state index is 0.0501. The Bertz CT molecular complexity index is 1850. The quantitative estimate of drug-likeness (QED) is 0.291. The van der Waals surface area contributed by atoms with Gasteiger partial charge in [0.1, 0.15) is 5.52 Å². The van der Waals surface area contributed by atoms with E-state index in [0.29, 0.717) is 23.6 Å². The van der Waals surface area contributed by atoms with Crippen molar-refractivity contribution < 1.29 is 9.90 Å². The molecule has 0 bridgehead atoms. The molecule has 0 spiro atoms. The molecular weight excluding hydrogens is 536 g/mol. The van der Waals surface area contributed by atoms with Crippen LogP contribution in [0.3, 0.4) is 0 Å². The molecule has 2 unspecified atom stereocenters. The van der Waals surface area contributed by atoms with Crippen molar-refractivity contribution in [2.24, 2.45) is 18.9 Å². The summed E-state index contributed by atoms with van der Waals surface area (Å²) < 4.78 is 2.85. The fraction of sp³-hybridized carbons (Fsp3) is 0.387. The average molecular weight is 569 g/mol. The third-order valence-corrected chi connectivity index (χ3v) is 9.86. The molecule has 2 atom stereocenters. The molecule has 0 saturated heterocycles. The number of aryl methyl sites for hydroxylation is 2. The van der Waals surface area contributed by atoms with Gasteiger partial charge in [0.2, 0.25) is 5.56 Å². The van der Waals surface area contributed by atoms with Gasteiger partial charge >= 0.3 is 5.97 Å². The molecule has 210 valence electrons. The van der Waals surface area contributed by atoms with Gasteiger partial charge in [0.05, 0.1) is 6.42 Å². The van der Waals surface area contributed by atoms with E-state index in [0.717, 1.165) is 53.2 Å². The van der Waals surface area contributed by atoms with Crippen LogP contribution in [0.25, 0.3) is 21.3 Å². The zero-order chi connectivity index (χ0) is 28.2. The van der Waals surface area contributed by atoms with Crippen LogP contribution < -0.4 is 5.56 Å². The number of nitrogens with zero attached hydrogens (tertiary/aromatic N) is 5. The molecule has 0 amide bonds. The van der Waals surface area contributed by atoms with Crippen LogP contribution in [-0.4, -0.2) is 47.5 Å². The molecule has 10 heteroatoms. The normalized spacial score (nSPS) is 18.4. The van der Waals surface area contributed by atoms with Gasteiger partial charge in [-0.1, -0.05) is 17.3 Å². The summed E-state index contributed by atoms with van der Waals surface area (Å²) in [7, 11) is 1.80. The molecule has 1 aliphatic carbocycles. The third kappa shape index (κ3) is 4.95. The minimum atomic E-state index is -0.860. The number of aromatic amines is 1. The summed E-state index contributed by atoms with van der Waals surface area (Å²) in [6, 6.07) is 10.1. The Morgan fingerprint density at radius 3 is 2.88 bits per heavy atom. The molecule has 4 aromatic heterocycles. The largest absolute Gasteiger partial charge is 0.481 e. The number of aromatic nitrogens is 5. The molecule has 2 N–H and O–H groups in total. The van der Waals surface area contributed by atoms with Crippen LogP contribution in [0, 0.1) is 18.8 Å². The smallest absolute Gasteiger partial charge is 0.304 e. The Hall–Kier alpha value is -3.89. The predicted octanol–water partition coefficient (Wildman–Crippen LogP) is 4.77. The Labute approximate surface area is 240 Å². The van der Waals surface area contributed by atoms with E-state index in [1.54, 1.807) is 35.3 Å². The maximum atomic E-state index is 12.2. The number of carboxylic acid groups (broad SMARTS) is 1. The van der Waals surface area contributed by atoms with Crippen molar-refractivity contribution in [3.8, 4) is 0 Å². The van der Waals surface area contributed by atoms with Crippen LogP contribution in [0.4, 0.5) is 0 Å². The average Bonchev–Trinajstić information content (AvgIpc) is 3.60. The highest BCUT2D eigenvalue weighted by molar-refractivity contribution is 7.17. The van der Waals surface area contributed by atoms with Crippen molar-refractivity contribution in [3.63, 3.8) is 0 Å². The molecular formula is C31H32N6O3S. The Morgan fingerprint density at radius 2 is 2.07 bits per heavy atom. The number of rotatable bonds is 7. The van der Waals surface area contributed by atoms with Gasteiger partial charge in [0.15, 0.2) is 5.65 Å². The number of hydrogen-bond acceptors (Lipinski definition) is 7. The van der Waals surface area contributed by atoms with Crippen LogP contribution in [0.5, 0.6) is 0 Å². The lowest BCUT2D eigenvalue weighted by Crippen LogP contribution is -2.29. The molecule has 1 aromatic carbocycles. The number of benzene rings is 1. The fourth-order valence-electron chi connectivity index (χ4n) is 6.63. The lowest BCUT2D eigenvalue weighted by molar-refractivity contribution is -0.137. The van der Waals surface area contributed by atoms with Gasteiger partial charge in [-0.2, -0.15) is 0 Å². The Balaban J connectivity index is 1.29. The second-order valence-electron chi connectivity index (χ2n) is 11.7. The highest BCUT2D eigenvalue weighted by atomic mass is 32.1. The zero-order valence-corrected chi connectivity index (χ0v) is 23.9. The van der Waals surface area contributed by atoms with Crippen molar-refractivity contribution in [2.45, 2.75) is 51.6 Å². The number of nitrogens with one attached hydrogen (secondary N) is 1. The van der Waals surface area contributed by atoms with Crippen LogP contribution in [0.1, 0.15) is 58.7 Å². The second-order valence-corrected chi connectivity index (χ2v) is 12.6. The highest BCUT2D eigenvalue weighted by Crippen LogP contribution is 2.41. The minimum Gasteiger partial charge on any atom is -0.481 e. The highest BCUT2D eigenvalue weighted by Gasteiger charge is 2.35. The van der Waals surface area contributed by atoms with Gasteiger partial charge in [-0.25, -0.2) is 9.67 Å². The summed E-state index contributed by atoms with van der Waals surface area (Å²) in [5, 5.41) is 21.6. The summed E-state index contributed by atoms with van der Waals surface area (Å²) in [5.41, 5.74) is 7.49.